The first-order chi connectivity index (χ1) is 12.0. The van der Waals surface area contributed by atoms with E-state index in [4.69, 9.17) is 16.3 Å². The fourth-order valence-corrected chi connectivity index (χ4v) is 5.69. The molecule has 7 heteroatoms. The van der Waals surface area contributed by atoms with Gasteiger partial charge in [-0.15, -0.1) is 0 Å². The van der Waals surface area contributed by atoms with E-state index < -0.39 is 27.6 Å². The molecule has 0 aliphatic heterocycles. The number of hydrogen-bond donors (Lipinski definition) is 0. The molecule has 1 aromatic carbocycles. The van der Waals surface area contributed by atoms with Gasteiger partial charge in [-0.05, 0) is 37.1 Å². The fraction of sp³-hybridized carbons (Fsp3) is 0.611. The van der Waals surface area contributed by atoms with Crippen LogP contribution in [0.15, 0.2) is 24.3 Å². The third kappa shape index (κ3) is 8.97. The Morgan fingerprint density at radius 1 is 1.08 bits per heavy atom. The number of hydrogen-bond acceptors (Lipinski definition) is 4. The Balaban J connectivity index is 2.64. The summed E-state index contributed by atoms with van der Waals surface area (Å²) in [5.41, 5.74) is 0.398. The Morgan fingerprint density at radius 2 is 1.68 bits per heavy atom. The molecule has 3 atom stereocenters. The third-order valence-electron chi connectivity index (χ3n) is 3.65. The fourth-order valence-electron chi connectivity index (χ4n) is 2.09. The van der Waals surface area contributed by atoms with Crippen LogP contribution in [0, 0.1) is 0 Å². The number of ether oxygens (including phenoxy) is 1. The van der Waals surface area contributed by atoms with Gasteiger partial charge in [0, 0.05) is 43.9 Å². The second kappa shape index (κ2) is 12.6. The summed E-state index contributed by atoms with van der Waals surface area (Å²) in [7, 11) is -2.19. The minimum Gasteiger partial charge on any atom is -0.461 e. The summed E-state index contributed by atoms with van der Waals surface area (Å²) >= 11 is 5.81. The van der Waals surface area contributed by atoms with Gasteiger partial charge in [-0.25, -0.2) is 4.79 Å². The molecule has 0 N–H and O–H groups in total. The number of halogens is 1. The van der Waals surface area contributed by atoms with Crippen LogP contribution in [-0.4, -0.2) is 43.5 Å². The van der Waals surface area contributed by atoms with E-state index in [1.54, 1.807) is 24.3 Å². The first-order valence-electron chi connectivity index (χ1n) is 8.62. The zero-order chi connectivity index (χ0) is 18.7. The molecular weight excluding hydrogens is 380 g/mol. The average molecular weight is 407 g/mol. The van der Waals surface area contributed by atoms with Crippen molar-refractivity contribution in [3.8, 4) is 0 Å². The zero-order valence-electron chi connectivity index (χ0n) is 14.9. The molecule has 0 aliphatic rings. The summed E-state index contributed by atoms with van der Waals surface area (Å²) in [5, 5.41) is 0.155. The predicted octanol–water partition coefficient (Wildman–Crippen LogP) is 3.96. The molecule has 0 aliphatic carbocycles. The van der Waals surface area contributed by atoms with Gasteiger partial charge in [0.2, 0.25) is 0 Å². The molecular formula is C18H27ClO4S2. The van der Waals surface area contributed by atoms with Gasteiger partial charge in [0.05, 0.1) is 10.8 Å². The quantitative estimate of drug-likeness (QED) is 0.493. The van der Waals surface area contributed by atoms with Crippen molar-refractivity contribution in [1.82, 2.24) is 0 Å². The summed E-state index contributed by atoms with van der Waals surface area (Å²) in [5.74, 6) is 0.978. The molecule has 0 bridgehead atoms. The van der Waals surface area contributed by atoms with Crippen molar-refractivity contribution in [3.63, 3.8) is 0 Å². The van der Waals surface area contributed by atoms with Gasteiger partial charge in [-0.2, -0.15) is 0 Å². The van der Waals surface area contributed by atoms with Crippen LogP contribution in [0.1, 0.15) is 49.9 Å². The smallest absolute Gasteiger partial charge is 0.338 e. The average Bonchev–Trinajstić information content (AvgIpc) is 2.61. The molecule has 0 fully saturated rings. The molecule has 142 valence electrons. The maximum absolute atomic E-state index is 12.5. The Kier molecular flexibility index (Phi) is 11.3. The Hall–Kier alpha value is -0.720. The van der Waals surface area contributed by atoms with Gasteiger partial charge < -0.3 is 4.74 Å². The molecule has 0 saturated heterocycles. The Morgan fingerprint density at radius 3 is 2.28 bits per heavy atom. The van der Waals surface area contributed by atoms with Gasteiger partial charge in [-0.3, -0.25) is 8.42 Å². The summed E-state index contributed by atoms with van der Waals surface area (Å²) < 4.78 is 30.0. The standard InChI is InChI=1S/C18H27ClO4S2/c1-3-5-11-24(21)14-17(25(22)12-6-4-2)13-23-18(20)15-7-9-16(19)10-8-15/h7-10,17H,3-6,11-14H2,1-2H3/t17-,24-,25+/m1/s1. The number of esters is 1. The second-order valence-electron chi connectivity index (χ2n) is 5.83. The summed E-state index contributed by atoms with van der Waals surface area (Å²) in [6.07, 6.45) is 3.64. The molecule has 0 spiro atoms. The lowest BCUT2D eigenvalue weighted by molar-refractivity contribution is 0.0510. The lowest BCUT2D eigenvalue weighted by Gasteiger charge is -2.16. The van der Waals surface area contributed by atoms with Gasteiger partial charge in [0.25, 0.3) is 0 Å². The van der Waals surface area contributed by atoms with Crippen molar-refractivity contribution >= 4 is 39.2 Å². The van der Waals surface area contributed by atoms with E-state index in [0.29, 0.717) is 27.8 Å². The highest BCUT2D eigenvalue weighted by Crippen LogP contribution is 2.12. The molecule has 1 aromatic rings. The van der Waals surface area contributed by atoms with E-state index in [1.807, 2.05) is 13.8 Å². The van der Waals surface area contributed by atoms with E-state index in [2.05, 4.69) is 0 Å². The van der Waals surface area contributed by atoms with Crippen LogP contribution in [0.3, 0.4) is 0 Å². The first-order valence-corrected chi connectivity index (χ1v) is 11.9. The predicted molar refractivity (Wildman–Crippen MR) is 106 cm³/mol. The second-order valence-corrected chi connectivity index (χ2v) is 9.72. The topological polar surface area (TPSA) is 60.4 Å². The lowest BCUT2D eigenvalue weighted by atomic mass is 10.2. The van der Waals surface area contributed by atoms with Crippen molar-refractivity contribution in [2.45, 2.75) is 44.8 Å². The molecule has 0 radical (unpaired) electrons. The van der Waals surface area contributed by atoms with Crippen LogP contribution in [0.2, 0.25) is 5.02 Å². The number of rotatable bonds is 12. The molecule has 0 aromatic heterocycles. The Labute approximate surface area is 160 Å². The van der Waals surface area contributed by atoms with Gasteiger partial charge in [0.15, 0.2) is 0 Å². The third-order valence-corrected chi connectivity index (χ3v) is 7.37. The van der Waals surface area contributed by atoms with Crippen molar-refractivity contribution in [2.75, 3.05) is 23.9 Å². The maximum Gasteiger partial charge on any atom is 0.338 e. The highest BCUT2D eigenvalue weighted by atomic mass is 35.5. The molecule has 0 saturated carbocycles. The van der Waals surface area contributed by atoms with Crippen LogP contribution < -0.4 is 0 Å². The van der Waals surface area contributed by atoms with E-state index >= 15 is 0 Å². The van der Waals surface area contributed by atoms with Crippen LogP contribution in [0.25, 0.3) is 0 Å². The first kappa shape index (κ1) is 22.3. The van der Waals surface area contributed by atoms with Gasteiger partial charge in [-0.1, -0.05) is 38.3 Å². The molecule has 0 amide bonds. The minimum absolute atomic E-state index is 0.0235. The molecule has 4 nitrogen and oxygen atoms in total. The summed E-state index contributed by atoms with van der Waals surface area (Å²) in [4.78, 5) is 12.1. The lowest BCUT2D eigenvalue weighted by Crippen LogP contribution is -2.31. The van der Waals surface area contributed by atoms with E-state index in [9.17, 15) is 13.2 Å². The minimum atomic E-state index is -1.15. The SMILES string of the molecule is CCCC[S@@](=O)C[C@@H](COC(=O)c1ccc(Cl)cc1)[S@@](=O)CCCC. The number of carbonyl (C=O) groups excluding carboxylic acids is 1. The van der Waals surface area contributed by atoms with Crippen LogP contribution in [-0.2, 0) is 26.3 Å². The largest absolute Gasteiger partial charge is 0.461 e. The Bertz CT molecular complexity index is 575. The maximum atomic E-state index is 12.5. The number of unbranched alkanes of at least 4 members (excludes halogenated alkanes) is 2. The molecule has 0 heterocycles. The van der Waals surface area contributed by atoms with E-state index in [-0.39, 0.29) is 11.9 Å². The van der Waals surface area contributed by atoms with E-state index in [1.165, 1.54) is 0 Å². The van der Waals surface area contributed by atoms with Crippen molar-refractivity contribution in [2.24, 2.45) is 0 Å². The molecule has 1 rings (SSSR count). The van der Waals surface area contributed by atoms with Crippen LogP contribution in [0.4, 0.5) is 0 Å². The normalized spacial score (nSPS) is 14.7. The van der Waals surface area contributed by atoms with Crippen molar-refractivity contribution in [1.29, 1.82) is 0 Å². The highest BCUT2D eigenvalue weighted by Gasteiger charge is 2.22. The van der Waals surface area contributed by atoms with Crippen molar-refractivity contribution in [3.05, 3.63) is 34.9 Å². The monoisotopic (exact) mass is 406 g/mol. The molecule has 25 heavy (non-hydrogen) atoms. The van der Waals surface area contributed by atoms with E-state index in [0.717, 1.165) is 25.7 Å². The zero-order valence-corrected chi connectivity index (χ0v) is 17.3. The molecule has 0 unspecified atom stereocenters. The number of benzene rings is 1. The highest BCUT2D eigenvalue weighted by molar-refractivity contribution is 7.89. The van der Waals surface area contributed by atoms with Crippen LogP contribution in [0.5, 0.6) is 0 Å². The summed E-state index contributed by atoms with van der Waals surface area (Å²) in [6, 6.07) is 6.42. The number of carbonyl (C=O) groups is 1. The van der Waals surface area contributed by atoms with Crippen molar-refractivity contribution < 1.29 is 17.9 Å². The van der Waals surface area contributed by atoms with Gasteiger partial charge >= 0.3 is 5.97 Å². The summed E-state index contributed by atoms with van der Waals surface area (Å²) in [6.45, 7) is 4.10. The van der Waals surface area contributed by atoms with Crippen LogP contribution >= 0.6 is 11.6 Å². The van der Waals surface area contributed by atoms with Gasteiger partial charge in [0.1, 0.15) is 6.61 Å².